The minimum atomic E-state index is -0.824. The Bertz CT molecular complexity index is 406. The van der Waals surface area contributed by atoms with E-state index in [1.165, 1.54) is 0 Å². The van der Waals surface area contributed by atoms with Crippen molar-refractivity contribution < 1.29 is 19.4 Å². The number of carbonyl (C=O) groups is 2. The quantitative estimate of drug-likeness (QED) is 0.767. The van der Waals surface area contributed by atoms with Crippen LogP contribution >= 0.6 is 0 Å². The standard InChI is InChI=1S/C12H17N3O4/c13-6-10-8-15(3-4-19-10)12(18)14-2-1-9(7-14)5-11(16)17/h9-10H,1-5,7-8H2,(H,16,17). The molecule has 2 unspecified atom stereocenters. The molecule has 0 aromatic carbocycles. The number of hydrogen-bond acceptors (Lipinski definition) is 4. The first-order chi connectivity index (χ1) is 9.10. The lowest BCUT2D eigenvalue weighted by Gasteiger charge is -2.33. The summed E-state index contributed by atoms with van der Waals surface area (Å²) in [5.41, 5.74) is 0. The van der Waals surface area contributed by atoms with E-state index < -0.39 is 12.1 Å². The van der Waals surface area contributed by atoms with Gasteiger partial charge in [0.15, 0.2) is 6.10 Å². The van der Waals surface area contributed by atoms with Gasteiger partial charge in [0.25, 0.3) is 0 Å². The van der Waals surface area contributed by atoms with Gasteiger partial charge < -0.3 is 19.6 Å². The number of morpholine rings is 1. The van der Waals surface area contributed by atoms with Gasteiger partial charge in [-0.1, -0.05) is 0 Å². The fourth-order valence-corrected chi connectivity index (χ4v) is 2.52. The van der Waals surface area contributed by atoms with E-state index in [0.29, 0.717) is 26.2 Å². The average molecular weight is 267 g/mol. The van der Waals surface area contributed by atoms with Gasteiger partial charge in [0.05, 0.1) is 19.2 Å². The summed E-state index contributed by atoms with van der Waals surface area (Å²) in [6, 6.07) is 1.89. The first kappa shape index (κ1) is 13.6. The van der Waals surface area contributed by atoms with E-state index in [4.69, 9.17) is 15.1 Å². The van der Waals surface area contributed by atoms with Crippen molar-refractivity contribution in [3.63, 3.8) is 0 Å². The van der Waals surface area contributed by atoms with Gasteiger partial charge in [-0.05, 0) is 12.3 Å². The van der Waals surface area contributed by atoms with Crippen LogP contribution < -0.4 is 0 Å². The molecule has 0 spiro atoms. The van der Waals surface area contributed by atoms with Gasteiger partial charge in [-0.2, -0.15) is 5.26 Å². The van der Waals surface area contributed by atoms with Crippen molar-refractivity contribution >= 4 is 12.0 Å². The molecule has 2 saturated heterocycles. The molecule has 2 heterocycles. The van der Waals surface area contributed by atoms with Gasteiger partial charge in [0.2, 0.25) is 0 Å². The van der Waals surface area contributed by atoms with E-state index in [9.17, 15) is 9.59 Å². The number of nitrogens with zero attached hydrogens (tertiary/aromatic N) is 3. The Kier molecular flexibility index (Phi) is 4.22. The largest absolute Gasteiger partial charge is 0.481 e. The van der Waals surface area contributed by atoms with Crippen molar-refractivity contribution in [2.24, 2.45) is 5.92 Å². The summed E-state index contributed by atoms with van der Waals surface area (Å²) in [7, 11) is 0. The molecule has 2 aliphatic rings. The summed E-state index contributed by atoms with van der Waals surface area (Å²) >= 11 is 0. The highest BCUT2D eigenvalue weighted by molar-refractivity contribution is 5.75. The summed E-state index contributed by atoms with van der Waals surface area (Å²) in [4.78, 5) is 26.2. The third kappa shape index (κ3) is 3.35. The van der Waals surface area contributed by atoms with Crippen LogP contribution in [0.3, 0.4) is 0 Å². The van der Waals surface area contributed by atoms with Crippen LogP contribution in [0.2, 0.25) is 0 Å². The number of urea groups is 1. The van der Waals surface area contributed by atoms with Crippen LogP contribution in [-0.4, -0.2) is 65.8 Å². The Morgan fingerprint density at radius 3 is 2.74 bits per heavy atom. The van der Waals surface area contributed by atoms with Crippen molar-refractivity contribution in [3.8, 4) is 6.07 Å². The Balaban J connectivity index is 1.87. The van der Waals surface area contributed by atoms with E-state index in [0.717, 1.165) is 6.42 Å². The van der Waals surface area contributed by atoms with Gasteiger partial charge in [-0.15, -0.1) is 0 Å². The van der Waals surface area contributed by atoms with Crippen LogP contribution in [0.15, 0.2) is 0 Å². The first-order valence-corrected chi connectivity index (χ1v) is 6.37. The lowest BCUT2D eigenvalue weighted by atomic mass is 10.1. The molecule has 19 heavy (non-hydrogen) atoms. The van der Waals surface area contributed by atoms with Crippen LogP contribution in [0.4, 0.5) is 4.79 Å². The second-order valence-electron chi connectivity index (χ2n) is 4.92. The maximum atomic E-state index is 12.2. The lowest BCUT2D eigenvalue weighted by Crippen LogP contribution is -2.50. The topological polar surface area (TPSA) is 93.9 Å². The molecule has 104 valence electrons. The fourth-order valence-electron chi connectivity index (χ4n) is 2.52. The molecule has 0 aromatic heterocycles. The summed E-state index contributed by atoms with van der Waals surface area (Å²) in [6.45, 7) is 2.22. The normalized spacial score (nSPS) is 27.1. The zero-order valence-corrected chi connectivity index (χ0v) is 10.6. The first-order valence-electron chi connectivity index (χ1n) is 6.37. The average Bonchev–Trinajstić information content (AvgIpc) is 2.85. The van der Waals surface area contributed by atoms with E-state index in [1.807, 2.05) is 6.07 Å². The number of amides is 2. The van der Waals surface area contributed by atoms with Crippen molar-refractivity contribution in [3.05, 3.63) is 0 Å². The number of carboxylic acid groups (broad SMARTS) is 1. The smallest absolute Gasteiger partial charge is 0.320 e. The minimum Gasteiger partial charge on any atom is -0.481 e. The zero-order valence-electron chi connectivity index (χ0n) is 10.6. The number of carboxylic acids is 1. The van der Waals surface area contributed by atoms with Crippen molar-refractivity contribution in [2.75, 3.05) is 32.8 Å². The van der Waals surface area contributed by atoms with Crippen molar-refractivity contribution in [1.82, 2.24) is 9.80 Å². The maximum absolute atomic E-state index is 12.2. The molecule has 2 atom stereocenters. The molecule has 7 heteroatoms. The van der Waals surface area contributed by atoms with Gasteiger partial charge in [-0.25, -0.2) is 4.79 Å². The molecular weight excluding hydrogens is 250 g/mol. The Labute approximate surface area is 111 Å². The molecular formula is C12H17N3O4. The van der Waals surface area contributed by atoms with Crippen molar-refractivity contribution in [1.29, 1.82) is 5.26 Å². The van der Waals surface area contributed by atoms with Gasteiger partial charge in [0, 0.05) is 26.1 Å². The SMILES string of the molecule is N#CC1CN(C(=O)N2CCC(CC(=O)O)C2)CCO1. The molecule has 0 aliphatic carbocycles. The molecule has 0 radical (unpaired) electrons. The van der Waals surface area contributed by atoms with Crippen LogP contribution in [0.25, 0.3) is 0 Å². The third-order valence-electron chi connectivity index (χ3n) is 3.50. The summed E-state index contributed by atoms with van der Waals surface area (Å²) < 4.78 is 5.19. The highest BCUT2D eigenvalue weighted by atomic mass is 16.5. The fraction of sp³-hybridized carbons (Fsp3) is 0.750. The number of carbonyl (C=O) groups excluding carboxylic acids is 1. The molecule has 2 aliphatic heterocycles. The molecule has 2 fully saturated rings. The molecule has 0 aromatic rings. The molecule has 1 N–H and O–H groups in total. The number of ether oxygens (including phenoxy) is 1. The summed E-state index contributed by atoms with van der Waals surface area (Å²) in [6.07, 6.45) is 0.271. The molecule has 0 bridgehead atoms. The predicted molar refractivity (Wildman–Crippen MR) is 64.3 cm³/mol. The van der Waals surface area contributed by atoms with E-state index in [-0.39, 0.29) is 24.9 Å². The van der Waals surface area contributed by atoms with Gasteiger partial charge in [-0.3, -0.25) is 4.79 Å². The number of nitriles is 1. The van der Waals surface area contributed by atoms with E-state index in [2.05, 4.69) is 0 Å². The lowest BCUT2D eigenvalue weighted by molar-refractivity contribution is -0.138. The monoisotopic (exact) mass is 267 g/mol. The third-order valence-corrected chi connectivity index (χ3v) is 3.50. The maximum Gasteiger partial charge on any atom is 0.320 e. The van der Waals surface area contributed by atoms with Crippen LogP contribution in [-0.2, 0) is 9.53 Å². The molecule has 2 rings (SSSR count). The number of likely N-dealkylation sites (tertiary alicyclic amines) is 1. The second-order valence-corrected chi connectivity index (χ2v) is 4.92. The van der Waals surface area contributed by atoms with Crippen LogP contribution in [0.1, 0.15) is 12.8 Å². The highest BCUT2D eigenvalue weighted by Crippen LogP contribution is 2.21. The zero-order chi connectivity index (χ0) is 13.8. The Hall–Kier alpha value is -1.81. The number of aliphatic carboxylic acids is 1. The van der Waals surface area contributed by atoms with E-state index in [1.54, 1.807) is 9.80 Å². The van der Waals surface area contributed by atoms with Crippen molar-refractivity contribution in [2.45, 2.75) is 18.9 Å². The minimum absolute atomic E-state index is 0.0363. The summed E-state index contributed by atoms with van der Waals surface area (Å²) in [5.74, 6) is -0.788. The van der Waals surface area contributed by atoms with Gasteiger partial charge in [0.1, 0.15) is 0 Å². The Morgan fingerprint density at radius 1 is 1.32 bits per heavy atom. The Morgan fingerprint density at radius 2 is 2.05 bits per heavy atom. The molecule has 7 nitrogen and oxygen atoms in total. The number of rotatable bonds is 2. The number of hydrogen-bond donors (Lipinski definition) is 1. The predicted octanol–water partition coefficient (Wildman–Crippen LogP) is 0.127. The second kappa shape index (κ2) is 5.89. The van der Waals surface area contributed by atoms with Crippen LogP contribution in [0, 0.1) is 17.2 Å². The van der Waals surface area contributed by atoms with E-state index >= 15 is 0 Å². The molecule has 2 amide bonds. The molecule has 0 saturated carbocycles. The van der Waals surface area contributed by atoms with Gasteiger partial charge >= 0.3 is 12.0 Å². The summed E-state index contributed by atoms with van der Waals surface area (Å²) in [5, 5.41) is 17.6. The van der Waals surface area contributed by atoms with Crippen LogP contribution in [0.5, 0.6) is 0 Å². The highest BCUT2D eigenvalue weighted by Gasteiger charge is 2.32.